The Balaban J connectivity index is 2.69. The van der Waals surface area contributed by atoms with Gasteiger partial charge in [-0.1, -0.05) is 11.6 Å². The SMILES string of the molecule is CCOc1ccc(Cl)cc1NC(C)CCC(=O)O. The number of carboxylic acids is 1. The number of benzene rings is 1. The van der Waals surface area contributed by atoms with Crippen LogP contribution in [-0.4, -0.2) is 23.7 Å². The first-order valence-corrected chi connectivity index (χ1v) is 6.31. The van der Waals surface area contributed by atoms with Crippen molar-refractivity contribution in [1.29, 1.82) is 0 Å². The van der Waals surface area contributed by atoms with E-state index in [0.717, 1.165) is 11.4 Å². The molecule has 0 aromatic heterocycles. The van der Waals surface area contributed by atoms with Gasteiger partial charge in [0.15, 0.2) is 0 Å². The molecule has 0 radical (unpaired) electrons. The highest BCUT2D eigenvalue weighted by Gasteiger charge is 2.09. The maximum Gasteiger partial charge on any atom is 0.303 e. The smallest absolute Gasteiger partial charge is 0.303 e. The van der Waals surface area contributed by atoms with Crippen LogP contribution in [0, 0.1) is 0 Å². The van der Waals surface area contributed by atoms with Crippen LogP contribution in [0.2, 0.25) is 5.02 Å². The molecule has 1 aromatic carbocycles. The fourth-order valence-electron chi connectivity index (χ4n) is 1.57. The van der Waals surface area contributed by atoms with Gasteiger partial charge in [0, 0.05) is 17.5 Å². The van der Waals surface area contributed by atoms with Crippen LogP contribution >= 0.6 is 11.6 Å². The number of anilines is 1. The molecule has 0 aliphatic rings. The van der Waals surface area contributed by atoms with Crippen molar-refractivity contribution >= 4 is 23.3 Å². The van der Waals surface area contributed by atoms with E-state index in [0.29, 0.717) is 18.1 Å². The number of halogens is 1. The first-order valence-electron chi connectivity index (χ1n) is 5.93. The molecule has 0 aliphatic carbocycles. The number of ether oxygens (including phenoxy) is 1. The molecule has 18 heavy (non-hydrogen) atoms. The number of aliphatic carboxylic acids is 1. The number of hydrogen-bond acceptors (Lipinski definition) is 3. The summed E-state index contributed by atoms with van der Waals surface area (Å²) in [5, 5.41) is 12.5. The van der Waals surface area contributed by atoms with Gasteiger partial charge in [-0.25, -0.2) is 0 Å². The summed E-state index contributed by atoms with van der Waals surface area (Å²) in [4.78, 5) is 10.5. The Bertz CT molecular complexity index is 409. The zero-order chi connectivity index (χ0) is 13.5. The van der Waals surface area contributed by atoms with E-state index >= 15 is 0 Å². The lowest BCUT2D eigenvalue weighted by Crippen LogP contribution is -2.17. The van der Waals surface area contributed by atoms with Crippen molar-refractivity contribution < 1.29 is 14.6 Å². The van der Waals surface area contributed by atoms with Gasteiger partial charge in [0.1, 0.15) is 5.75 Å². The first-order chi connectivity index (χ1) is 8.52. The maximum atomic E-state index is 10.5. The number of nitrogens with one attached hydrogen (secondary N) is 1. The fourth-order valence-corrected chi connectivity index (χ4v) is 1.75. The van der Waals surface area contributed by atoms with Gasteiger partial charge in [-0.2, -0.15) is 0 Å². The van der Waals surface area contributed by atoms with Crippen molar-refractivity contribution in [1.82, 2.24) is 0 Å². The predicted octanol–water partition coefficient (Wildman–Crippen LogP) is 3.40. The molecule has 1 rings (SSSR count). The quantitative estimate of drug-likeness (QED) is 0.798. The van der Waals surface area contributed by atoms with E-state index in [1.54, 1.807) is 18.2 Å². The third-order valence-electron chi connectivity index (χ3n) is 2.43. The van der Waals surface area contributed by atoms with Gasteiger partial charge in [-0.3, -0.25) is 4.79 Å². The second-order valence-corrected chi connectivity index (χ2v) is 4.49. The lowest BCUT2D eigenvalue weighted by molar-refractivity contribution is -0.137. The average Bonchev–Trinajstić information content (AvgIpc) is 2.30. The minimum Gasteiger partial charge on any atom is -0.492 e. The molecule has 0 saturated carbocycles. The molecule has 0 bridgehead atoms. The van der Waals surface area contributed by atoms with Crippen LogP contribution in [0.4, 0.5) is 5.69 Å². The summed E-state index contributed by atoms with van der Waals surface area (Å²) >= 11 is 5.94. The minimum atomic E-state index is -0.792. The summed E-state index contributed by atoms with van der Waals surface area (Å²) in [7, 11) is 0. The third kappa shape index (κ3) is 4.84. The zero-order valence-electron chi connectivity index (χ0n) is 10.6. The van der Waals surface area contributed by atoms with E-state index in [-0.39, 0.29) is 12.5 Å². The summed E-state index contributed by atoms with van der Waals surface area (Å²) < 4.78 is 5.48. The summed E-state index contributed by atoms with van der Waals surface area (Å²) in [6, 6.07) is 5.39. The second-order valence-electron chi connectivity index (χ2n) is 4.05. The standard InChI is InChI=1S/C13H18ClNO3/c1-3-18-12-6-5-10(14)8-11(12)15-9(2)4-7-13(16)17/h5-6,8-9,15H,3-4,7H2,1-2H3,(H,16,17). The van der Waals surface area contributed by atoms with Crippen molar-refractivity contribution in [3.05, 3.63) is 23.2 Å². The normalized spacial score (nSPS) is 11.9. The van der Waals surface area contributed by atoms with Gasteiger partial charge in [0.25, 0.3) is 0 Å². The molecular weight excluding hydrogens is 254 g/mol. The molecule has 4 nitrogen and oxygen atoms in total. The molecule has 0 heterocycles. The van der Waals surface area contributed by atoms with Crippen LogP contribution in [0.3, 0.4) is 0 Å². The monoisotopic (exact) mass is 271 g/mol. The Morgan fingerprint density at radius 3 is 2.89 bits per heavy atom. The lowest BCUT2D eigenvalue weighted by atomic mass is 10.1. The highest BCUT2D eigenvalue weighted by atomic mass is 35.5. The summed E-state index contributed by atoms with van der Waals surface area (Å²) in [6.07, 6.45) is 0.687. The largest absolute Gasteiger partial charge is 0.492 e. The van der Waals surface area contributed by atoms with Crippen LogP contribution in [-0.2, 0) is 4.79 Å². The number of carbonyl (C=O) groups is 1. The molecule has 0 spiro atoms. The van der Waals surface area contributed by atoms with Crippen LogP contribution in [0.25, 0.3) is 0 Å². The van der Waals surface area contributed by atoms with E-state index in [9.17, 15) is 4.79 Å². The minimum absolute atomic E-state index is 0.0405. The molecule has 100 valence electrons. The molecule has 0 amide bonds. The fraction of sp³-hybridized carbons (Fsp3) is 0.462. The number of rotatable bonds is 7. The second kappa shape index (κ2) is 7.11. The summed E-state index contributed by atoms with van der Waals surface area (Å²) in [6.45, 7) is 4.41. The molecule has 5 heteroatoms. The van der Waals surface area contributed by atoms with Crippen molar-refractivity contribution in [2.24, 2.45) is 0 Å². The molecule has 1 aromatic rings. The molecular formula is C13H18ClNO3. The van der Waals surface area contributed by atoms with E-state index in [4.69, 9.17) is 21.4 Å². The van der Waals surface area contributed by atoms with Gasteiger partial charge < -0.3 is 15.2 Å². The van der Waals surface area contributed by atoms with Crippen LogP contribution < -0.4 is 10.1 Å². The van der Waals surface area contributed by atoms with E-state index in [1.807, 2.05) is 13.8 Å². The highest BCUT2D eigenvalue weighted by molar-refractivity contribution is 6.30. The molecule has 0 saturated heterocycles. The van der Waals surface area contributed by atoms with Gasteiger partial charge in [-0.05, 0) is 38.5 Å². The van der Waals surface area contributed by atoms with Gasteiger partial charge in [0.05, 0.1) is 12.3 Å². The molecule has 1 atom stereocenters. The van der Waals surface area contributed by atoms with Gasteiger partial charge in [0.2, 0.25) is 0 Å². The predicted molar refractivity (Wildman–Crippen MR) is 72.6 cm³/mol. The van der Waals surface area contributed by atoms with Crippen molar-refractivity contribution in [3.63, 3.8) is 0 Å². The third-order valence-corrected chi connectivity index (χ3v) is 2.67. The first kappa shape index (κ1) is 14.6. The Morgan fingerprint density at radius 1 is 1.56 bits per heavy atom. The molecule has 0 fully saturated rings. The topological polar surface area (TPSA) is 58.6 Å². The maximum absolute atomic E-state index is 10.5. The van der Waals surface area contributed by atoms with Gasteiger partial charge >= 0.3 is 5.97 Å². The molecule has 1 unspecified atom stereocenters. The van der Waals surface area contributed by atoms with E-state index < -0.39 is 5.97 Å². The van der Waals surface area contributed by atoms with Crippen LogP contribution in [0.1, 0.15) is 26.7 Å². The highest BCUT2D eigenvalue weighted by Crippen LogP contribution is 2.29. The van der Waals surface area contributed by atoms with Crippen molar-refractivity contribution in [2.45, 2.75) is 32.7 Å². The lowest BCUT2D eigenvalue weighted by Gasteiger charge is -2.17. The summed E-state index contributed by atoms with van der Waals surface area (Å²) in [5.74, 6) is -0.0659. The number of hydrogen-bond donors (Lipinski definition) is 2. The Morgan fingerprint density at radius 2 is 2.28 bits per heavy atom. The Labute approximate surface area is 112 Å². The molecule has 0 aliphatic heterocycles. The van der Waals surface area contributed by atoms with E-state index in [1.165, 1.54) is 0 Å². The van der Waals surface area contributed by atoms with Crippen LogP contribution in [0.5, 0.6) is 5.75 Å². The van der Waals surface area contributed by atoms with Gasteiger partial charge in [-0.15, -0.1) is 0 Å². The average molecular weight is 272 g/mol. The molecule has 2 N–H and O–H groups in total. The van der Waals surface area contributed by atoms with Crippen LogP contribution in [0.15, 0.2) is 18.2 Å². The zero-order valence-corrected chi connectivity index (χ0v) is 11.3. The van der Waals surface area contributed by atoms with E-state index in [2.05, 4.69) is 5.32 Å². The number of carboxylic acid groups (broad SMARTS) is 1. The summed E-state index contributed by atoms with van der Waals surface area (Å²) in [5.41, 5.74) is 0.794. The Kier molecular flexibility index (Phi) is 5.78. The van der Waals surface area contributed by atoms with Crippen molar-refractivity contribution in [2.75, 3.05) is 11.9 Å². The van der Waals surface area contributed by atoms with Crippen molar-refractivity contribution in [3.8, 4) is 5.75 Å². The Hall–Kier alpha value is -1.42.